The highest BCUT2D eigenvalue weighted by Crippen LogP contribution is 2.23. The van der Waals surface area contributed by atoms with Crippen LogP contribution in [0.25, 0.3) is 0 Å². The molecule has 0 aromatic carbocycles. The fourth-order valence-electron chi connectivity index (χ4n) is 1.59. The van der Waals surface area contributed by atoms with Crippen LogP contribution < -0.4 is 0 Å². The van der Waals surface area contributed by atoms with E-state index in [1.807, 2.05) is 0 Å². The lowest BCUT2D eigenvalue weighted by atomic mass is 10.4. The molecule has 0 aliphatic heterocycles. The summed E-state index contributed by atoms with van der Waals surface area (Å²) >= 11 is 0. The first-order valence-electron chi connectivity index (χ1n) is 5.15. The summed E-state index contributed by atoms with van der Waals surface area (Å²) in [6.45, 7) is 1.35. The summed E-state index contributed by atoms with van der Waals surface area (Å²) in [6.07, 6.45) is -4.39. The van der Waals surface area contributed by atoms with E-state index in [2.05, 4.69) is 9.84 Å². The number of hydrogen-bond donors (Lipinski definition) is 0. The highest BCUT2D eigenvalue weighted by atomic mass is 35.7. The molecule has 0 amide bonds. The summed E-state index contributed by atoms with van der Waals surface area (Å²) in [4.78, 5) is -0.120. The minimum absolute atomic E-state index is 0.00909. The van der Waals surface area contributed by atoms with Gasteiger partial charge in [0.25, 0.3) is 9.05 Å². The van der Waals surface area contributed by atoms with Crippen molar-refractivity contribution in [3.63, 3.8) is 0 Å². The van der Waals surface area contributed by atoms with Crippen molar-refractivity contribution in [1.29, 1.82) is 0 Å². The first-order valence-corrected chi connectivity index (χ1v) is 7.46. The Morgan fingerprint density at radius 2 is 1.95 bits per heavy atom. The average Bonchev–Trinajstić information content (AvgIpc) is 2.46. The van der Waals surface area contributed by atoms with Crippen LogP contribution in [0.2, 0.25) is 0 Å². The molecule has 0 spiro atoms. The van der Waals surface area contributed by atoms with E-state index in [1.54, 1.807) is 0 Å². The molecular weight excluding hydrogens is 309 g/mol. The predicted octanol–water partition coefficient (Wildman–Crippen LogP) is 2.01. The zero-order valence-electron chi connectivity index (χ0n) is 10.2. The fourth-order valence-corrected chi connectivity index (χ4v) is 3.11. The third kappa shape index (κ3) is 4.66. The van der Waals surface area contributed by atoms with Gasteiger partial charge < -0.3 is 4.74 Å². The van der Waals surface area contributed by atoms with Crippen LogP contribution in [0.3, 0.4) is 0 Å². The summed E-state index contributed by atoms with van der Waals surface area (Å²) < 4.78 is 63.8. The van der Waals surface area contributed by atoms with E-state index in [4.69, 9.17) is 10.7 Å². The van der Waals surface area contributed by atoms with Gasteiger partial charge in [-0.05, 0) is 13.8 Å². The van der Waals surface area contributed by atoms with Gasteiger partial charge in [-0.15, -0.1) is 0 Å². The van der Waals surface area contributed by atoms with Crippen LogP contribution in [0, 0.1) is 13.8 Å². The topological polar surface area (TPSA) is 61.2 Å². The number of aromatic nitrogens is 2. The predicted molar refractivity (Wildman–Crippen MR) is 61.6 cm³/mol. The van der Waals surface area contributed by atoms with Crippen LogP contribution in [0.5, 0.6) is 0 Å². The van der Waals surface area contributed by atoms with Crippen molar-refractivity contribution in [3.05, 3.63) is 11.4 Å². The number of ether oxygens (including phenoxy) is 1. The Morgan fingerprint density at radius 1 is 1.37 bits per heavy atom. The minimum Gasteiger partial charge on any atom is -0.370 e. The molecule has 0 unspecified atom stereocenters. The van der Waals surface area contributed by atoms with E-state index in [1.165, 1.54) is 18.5 Å². The number of rotatable bonds is 5. The lowest BCUT2D eigenvalue weighted by molar-refractivity contribution is -0.174. The first-order chi connectivity index (χ1) is 8.52. The highest BCUT2D eigenvalue weighted by molar-refractivity contribution is 8.13. The van der Waals surface area contributed by atoms with Crippen LogP contribution in [0.4, 0.5) is 13.2 Å². The molecule has 0 fully saturated rings. The van der Waals surface area contributed by atoms with Crippen molar-refractivity contribution in [1.82, 2.24) is 9.78 Å². The zero-order chi connectivity index (χ0) is 14.8. The third-order valence-electron chi connectivity index (χ3n) is 2.27. The van der Waals surface area contributed by atoms with Gasteiger partial charge in [-0.2, -0.15) is 18.3 Å². The summed E-state index contributed by atoms with van der Waals surface area (Å²) in [6, 6.07) is 0. The molecule has 1 aromatic rings. The van der Waals surface area contributed by atoms with Gasteiger partial charge in [0, 0.05) is 10.7 Å². The number of aryl methyl sites for hydroxylation is 1. The van der Waals surface area contributed by atoms with Gasteiger partial charge in [0.05, 0.1) is 24.5 Å². The van der Waals surface area contributed by atoms with Gasteiger partial charge in [-0.25, -0.2) is 8.42 Å². The van der Waals surface area contributed by atoms with Crippen molar-refractivity contribution in [2.45, 2.75) is 31.5 Å². The van der Waals surface area contributed by atoms with E-state index in [-0.39, 0.29) is 29.4 Å². The van der Waals surface area contributed by atoms with Crippen molar-refractivity contribution < 1.29 is 26.3 Å². The van der Waals surface area contributed by atoms with Gasteiger partial charge in [0.15, 0.2) is 0 Å². The SMILES string of the molecule is Cc1nn(CCOCC(F)(F)F)c(C)c1S(=O)(=O)Cl. The van der Waals surface area contributed by atoms with Crippen molar-refractivity contribution in [2.24, 2.45) is 0 Å². The second-order valence-electron chi connectivity index (χ2n) is 3.83. The summed E-state index contributed by atoms with van der Waals surface area (Å²) in [5.74, 6) is 0. The number of halogens is 4. The number of alkyl halides is 3. The van der Waals surface area contributed by atoms with Gasteiger partial charge in [-0.1, -0.05) is 0 Å². The van der Waals surface area contributed by atoms with E-state index in [0.717, 1.165) is 0 Å². The molecule has 0 radical (unpaired) electrons. The average molecular weight is 321 g/mol. The van der Waals surface area contributed by atoms with E-state index < -0.39 is 21.8 Å². The lowest BCUT2D eigenvalue weighted by Gasteiger charge is -2.08. The molecule has 0 saturated heterocycles. The molecule has 110 valence electrons. The van der Waals surface area contributed by atoms with Crippen LogP contribution in [-0.4, -0.2) is 37.6 Å². The highest BCUT2D eigenvalue weighted by Gasteiger charge is 2.27. The van der Waals surface area contributed by atoms with Gasteiger partial charge in [0.2, 0.25) is 0 Å². The Balaban J connectivity index is 2.72. The molecule has 5 nitrogen and oxygen atoms in total. The Hall–Kier alpha value is -0.800. The maximum absolute atomic E-state index is 11.8. The molecule has 10 heteroatoms. The quantitative estimate of drug-likeness (QED) is 0.615. The monoisotopic (exact) mass is 320 g/mol. The molecule has 0 atom stereocenters. The fraction of sp³-hybridized carbons (Fsp3) is 0.667. The maximum Gasteiger partial charge on any atom is 0.411 e. The van der Waals surface area contributed by atoms with E-state index in [9.17, 15) is 21.6 Å². The van der Waals surface area contributed by atoms with Gasteiger partial charge in [-0.3, -0.25) is 4.68 Å². The molecule has 0 N–H and O–H groups in total. The smallest absolute Gasteiger partial charge is 0.370 e. The van der Waals surface area contributed by atoms with Crippen LogP contribution in [0.15, 0.2) is 4.90 Å². The van der Waals surface area contributed by atoms with Crippen LogP contribution >= 0.6 is 10.7 Å². The summed E-state index contributed by atoms with van der Waals surface area (Å²) in [5.41, 5.74) is 0.464. The van der Waals surface area contributed by atoms with Crippen LogP contribution in [0.1, 0.15) is 11.4 Å². The molecule has 0 aliphatic rings. The molecular formula is C9H12ClF3N2O3S. The third-order valence-corrected chi connectivity index (χ3v) is 3.81. The molecule has 1 heterocycles. The van der Waals surface area contributed by atoms with Gasteiger partial charge >= 0.3 is 6.18 Å². The Morgan fingerprint density at radius 3 is 2.37 bits per heavy atom. The Kier molecular flexibility index (Phi) is 4.86. The van der Waals surface area contributed by atoms with E-state index in [0.29, 0.717) is 0 Å². The first kappa shape index (κ1) is 16.3. The van der Waals surface area contributed by atoms with Crippen molar-refractivity contribution >= 4 is 19.7 Å². The van der Waals surface area contributed by atoms with Crippen molar-refractivity contribution in [2.75, 3.05) is 13.2 Å². The Labute approximate surface area is 112 Å². The van der Waals surface area contributed by atoms with E-state index >= 15 is 0 Å². The van der Waals surface area contributed by atoms with Crippen LogP contribution in [-0.2, 0) is 20.3 Å². The zero-order valence-corrected chi connectivity index (χ0v) is 11.7. The molecule has 19 heavy (non-hydrogen) atoms. The minimum atomic E-state index is -4.39. The Bertz CT molecular complexity index is 554. The number of hydrogen-bond acceptors (Lipinski definition) is 4. The lowest BCUT2D eigenvalue weighted by Crippen LogP contribution is -2.19. The molecule has 1 aromatic heterocycles. The maximum atomic E-state index is 11.8. The number of nitrogens with zero attached hydrogens (tertiary/aromatic N) is 2. The molecule has 0 bridgehead atoms. The van der Waals surface area contributed by atoms with Crippen molar-refractivity contribution in [3.8, 4) is 0 Å². The second-order valence-corrected chi connectivity index (χ2v) is 6.33. The molecule has 1 rings (SSSR count). The summed E-state index contributed by atoms with van der Waals surface area (Å²) in [5, 5.41) is 3.90. The standard InChI is InChI=1S/C9H12ClF3N2O3S/c1-6-8(19(10,16)17)7(2)15(14-6)3-4-18-5-9(11,12)13/h3-5H2,1-2H3. The summed E-state index contributed by atoms with van der Waals surface area (Å²) in [7, 11) is 1.31. The largest absolute Gasteiger partial charge is 0.411 e. The molecule has 0 saturated carbocycles. The molecule has 0 aliphatic carbocycles. The normalized spacial score (nSPS) is 12.9. The van der Waals surface area contributed by atoms with Gasteiger partial charge in [0.1, 0.15) is 11.5 Å². The second kappa shape index (κ2) is 5.68.